The largest absolute Gasteiger partial charge is 0.266 e. The van der Waals surface area contributed by atoms with Crippen LogP contribution in [0.15, 0.2) is 30.9 Å². The van der Waals surface area contributed by atoms with Crippen LogP contribution in [-0.2, 0) is 6.54 Å². The molecule has 0 saturated heterocycles. The molecule has 0 spiro atoms. The third kappa shape index (κ3) is 2.91. The molecule has 2 rings (SSSR count). The lowest BCUT2D eigenvalue weighted by Crippen LogP contribution is -2.06. The Bertz CT molecular complexity index is 520. The van der Waals surface area contributed by atoms with Gasteiger partial charge in [0, 0.05) is 29.7 Å². The van der Waals surface area contributed by atoms with Crippen molar-refractivity contribution in [2.75, 3.05) is 0 Å². The van der Waals surface area contributed by atoms with E-state index in [2.05, 4.69) is 23.9 Å². The van der Waals surface area contributed by atoms with Crippen LogP contribution in [0.4, 0.5) is 8.78 Å². The summed E-state index contributed by atoms with van der Waals surface area (Å²) in [6, 6.07) is 2.02. The van der Waals surface area contributed by atoms with Gasteiger partial charge in [0.15, 0.2) is 0 Å². The molecular weight excluding hydrogens is 236 g/mol. The van der Waals surface area contributed by atoms with Gasteiger partial charge in [0.25, 0.3) is 6.43 Å². The molecule has 0 saturated carbocycles. The zero-order valence-corrected chi connectivity index (χ0v) is 10.3. The van der Waals surface area contributed by atoms with Crippen molar-refractivity contribution in [1.29, 1.82) is 0 Å². The van der Waals surface area contributed by atoms with Gasteiger partial charge in [0.05, 0.1) is 6.20 Å². The minimum atomic E-state index is -2.39. The quantitative estimate of drug-likeness (QED) is 0.834. The zero-order chi connectivity index (χ0) is 13.1. The Hall–Kier alpha value is -1.78. The van der Waals surface area contributed by atoms with E-state index in [-0.39, 0.29) is 6.54 Å². The van der Waals surface area contributed by atoms with E-state index in [9.17, 15) is 8.78 Å². The van der Waals surface area contributed by atoms with Crippen molar-refractivity contribution < 1.29 is 8.78 Å². The highest BCUT2D eigenvalue weighted by Gasteiger charge is 2.08. The number of pyridine rings is 1. The summed E-state index contributed by atoms with van der Waals surface area (Å²) in [5, 5.41) is 3.92. The van der Waals surface area contributed by atoms with Gasteiger partial charge in [0.1, 0.15) is 6.54 Å². The first-order valence-corrected chi connectivity index (χ1v) is 5.82. The van der Waals surface area contributed by atoms with Crippen LogP contribution in [0.25, 0.3) is 11.1 Å². The highest BCUT2D eigenvalue weighted by atomic mass is 19.3. The second-order valence-corrected chi connectivity index (χ2v) is 4.50. The molecule has 0 radical (unpaired) electrons. The second kappa shape index (κ2) is 5.25. The maximum absolute atomic E-state index is 12.2. The second-order valence-electron chi connectivity index (χ2n) is 4.50. The SMILES string of the molecule is CC(C)c1cncc(-c2cnn(CC(F)F)c2)c1. The molecule has 0 aliphatic heterocycles. The van der Waals surface area contributed by atoms with E-state index < -0.39 is 6.43 Å². The van der Waals surface area contributed by atoms with Gasteiger partial charge in [-0.25, -0.2) is 8.78 Å². The van der Waals surface area contributed by atoms with Gasteiger partial charge in [-0.2, -0.15) is 5.10 Å². The Labute approximate surface area is 104 Å². The molecule has 0 aromatic carbocycles. The fourth-order valence-electron chi connectivity index (χ4n) is 1.69. The number of aromatic nitrogens is 3. The van der Waals surface area contributed by atoms with Gasteiger partial charge < -0.3 is 0 Å². The average molecular weight is 251 g/mol. The standard InChI is InChI=1S/C13H15F2N3/c1-9(2)10-3-11(5-16-4-10)12-6-17-18(7-12)8-13(14)15/h3-7,9,13H,8H2,1-2H3. The predicted octanol–water partition coefficient (Wildman–Crippen LogP) is 3.33. The molecule has 2 aromatic rings. The summed E-state index contributed by atoms with van der Waals surface area (Å²) >= 11 is 0. The van der Waals surface area contributed by atoms with Crippen LogP contribution in [0, 0.1) is 0 Å². The first-order valence-electron chi connectivity index (χ1n) is 5.82. The average Bonchev–Trinajstić information content (AvgIpc) is 2.77. The van der Waals surface area contributed by atoms with Crippen molar-refractivity contribution >= 4 is 0 Å². The first-order chi connectivity index (χ1) is 8.56. The molecular formula is C13H15F2N3. The molecule has 0 fully saturated rings. The Morgan fingerprint density at radius 2 is 1.94 bits per heavy atom. The number of nitrogens with zero attached hydrogens (tertiary/aromatic N) is 3. The fourth-order valence-corrected chi connectivity index (χ4v) is 1.69. The van der Waals surface area contributed by atoms with Crippen molar-refractivity contribution in [1.82, 2.24) is 14.8 Å². The predicted molar refractivity (Wildman–Crippen MR) is 65.6 cm³/mol. The minimum absolute atomic E-state index is 0.378. The highest BCUT2D eigenvalue weighted by Crippen LogP contribution is 2.22. The van der Waals surface area contributed by atoms with E-state index in [4.69, 9.17) is 0 Å². The molecule has 0 aliphatic rings. The smallest absolute Gasteiger partial charge is 0.257 e. The van der Waals surface area contributed by atoms with Crippen LogP contribution in [0.1, 0.15) is 25.3 Å². The zero-order valence-electron chi connectivity index (χ0n) is 10.3. The van der Waals surface area contributed by atoms with Gasteiger partial charge in [-0.15, -0.1) is 0 Å². The van der Waals surface area contributed by atoms with Crippen molar-refractivity contribution in [2.24, 2.45) is 0 Å². The van der Waals surface area contributed by atoms with Crippen LogP contribution in [0.2, 0.25) is 0 Å². The van der Waals surface area contributed by atoms with Crippen molar-refractivity contribution in [3.8, 4) is 11.1 Å². The third-order valence-corrected chi connectivity index (χ3v) is 2.72. The van der Waals surface area contributed by atoms with Gasteiger partial charge in [-0.05, 0) is 17.5 Å². The van der Waals surface area contributed by atoms with Gasteiger partial charge >= 0.3 is 0 Å². The first kappa shape index (κ1) is 12.7. The molecule has 0 bridgehead atoms. The lowest BCUT2D eigenvalue weighted by atomic mass is 10.0. The van der Waals surface area contributed by atoms with E-state index >= 15 is 0 Å². The highest BCUT2D eigenvalue weighted by molar-refractivity contribution is 5.61. The van der Waals surface area contributed by atoms with Crippen molar-refractivity contribution in [3.05, 3.63) is 36.4 Å². The fraction of sp³-hybridized carbons (Fsp3) is 0.385. The van der Waals surface area contributed by atoms with E-state index in [1.54, 1.807) is 18.6 Å². The Morgan fingerprint density at radius 3 is 2.61 bits per heavy atom. The van der Waals surface area contributed by atoms with Crippen LogP contribution >= 0.6 is 0 Å². The molecule has 18 heavy (non-hydrogen) atoms. The molecule has 3 nitrogen and oxygen atoms in total. The van der Waals surface area contributed by atoms with E-state index in [0.29, 0.717) is 5.92 Å². The Kier molecular flexibility index (Phi) is 3.69. The molecule has 0 atom stereocenters. The lowest BCUT2D eigenvalue weighted by molar-refractivity contribution is 0.122. The molecule has 96 valence electrons. The van der Waals surface area contributed by atoms with Crippen LogP contribution in [0.3, 0.4) is 0 Å². The Morgan fingerprint density at radius 1 is 1.17 bits per heavy atom. The van der Waals surface area contributed by atoms with Crippen LogP contribution in [0.5, 0.6) is 0 Å². The molecule has 2 heterocycles. The molecule has 0 aliphatic carbocycles. The molecule has 2 aromatic heterocycles. The summed E-state index contributed by atoms with van der Waals surface area (Å²) < 4.78 is 25.7. The summed E-state index contributed by atoms with van der Waals surface area (Å²) in [5.41, 5.74) is 2.83. The summed E-state index contributed by atoms with van der Waals surface area (Å²) in [6.07, 6.45) is 4.35. The van der Waals surface area contributed by atoms with Crippen molar-refractivity contribution in [3.63, 3.8) is 0 Å². The maximum Gasteiger partial charge on any atom is 0.257 e. The molecule has 5 heteroatoms. The number of alkyl halides is 2. The monoisotopic (exact) mass is 251 g/mol. The van der Waals surface area contributed by atoms with E-state index in [1.807, 2.05) is 12.3 Å². The van der Waals surface area contributed by atoms with Gasteiger partial charge in [-0.3, -0.25) is 9.67 Å². The molecule has 0 amide bonds. The Balaban J connectivity index is 2.25. The van der Waals surface area contributed by atoms with E-state index in [1.165, 1.54) is 4.68 Å². The van der Waals surface area contributed by atoms with E-state index in [0.717, 1.165) is 16.7 Å². The maximum atomic E-state index is 12.2. The number of hydrogen-bond acceptors (Lipinski definition) is 2. The van der Waals surface area contributed by atoms with Gasteiger partial charge in [0.2, 0.25) is 0 Å². The lowest BCUT2D eigenvalue weighted by Gasteiger charge is -2.05. The number of hydrogen-bond donors (Lipinski definition) is 0. The van der Waals surface area contributed by atoms with Gasteiger partial charge in [-0.1, -0.05) is 13.8 Å². The van der Waals surface area contributed by atoms with Crippen LogP contribution < -0.4 is 0 Å². The summed E-state index contributed by atoms with van der Waals surface area (Å²) in [7, 11) is 0. The normalized spacial score (nSPS) is 11.4. The van der Waals surface area contributed by atoms with Crippen molar-refractivity contribution in [2.45, 2.75) is 32.7 Å². The number of halogens is 2. The number of rotatable bonds is 4. The third-order valence-electron chi connectivity index (χ3n) is 2.72. The minimum Gasteiger partial charge on any atom is -0.266 e. The molecule has 0 unspecified atom stereocenters. The summed E-state index contributed by atoms with van der Waals surface area (Å²) in [5.74, 6) is 0.383. The topological polar surface area (TPSA) is 30.7 Å². The summed E-state index contributed by atoms with van der Waals surface area (Å²) in [4.78, 5) is 4.17. The van der Waals surface area contributed by atoms with Crippen LogP contribution in [-0.4, -0.2) is 21.2 Å². The summed E-state index contributed by atoms with van der Waals surface area (Å²) in [6.45, 7) is 3.79. The molecule has 0 N–H and O–H groups in total.